The Morgan fingerprint density at radius 3 is 2.92 bits per heavy atom. The SMILES string of the molecule is NCCc1cnn(C2(CO)CC2)c1. The predicted molar refractivity (Wildman–Crippen MR) is 49.3 cm³/mol. The topological polar surface area (TPSA) is 64.1 Å². The average Bonchev–Trinajstić information content (AvgIpc) is 2.82. The van der Waals surface area contributed by atoms with Crippen molar-refractivity contribution >= 4 is 0 Å². The van der Waals surface area contributed by atoms with Crippen LogP contribution in [0.4, 0.5) is 0 Å². The number of nitrogens with zero attached hydrogens (tertiary/aromatic N) is 2. The van der Waals surface area contributed by atoms with E-state index in [0.717, 1.165) is 24.8 Å². The molecule has 0 amide bonds. The van der Waals surface area contributed by atoms with Crippen LogP contribution < -0.4 is 5.73 Å². The molecule has 3 N–H and O–H groups in total. The first-order chi connectivity index (χ1) is 6.30. The maximum Gasteiger partial charge on any atom is 0.0859 e. The average molecular weight is 181 g/mol. The molecule has 4 heteroatoms. The lowest BCUT2D eigenvalue weighted by Gasteiger charge is -2.11. The molecule has 1 saturated carbocycles. The van der Waals surface area contributed by atoms with E-state index in [0.29, 0.717) is 6.54 Å². The van der Waals surface area contributed by atoms with E-state index >= 15 is 0 Å². The first-order valence-electron chi connectivity index (χ1n) is 4.66. The summed E-state index contributed by atoms with van der Waals surface area (Å²) in [6, 6.07) is 0. The zero-order valence-electron chi connectivity index (χ0n) is 7.61. The molecule has 1 aliphatic carbocycles. The highest BCUT2D eigenvalue weighted by atomic mass is 16.3. The fraction of sp³-hybridized carbons (Fsp3) is 0.667. The van der Waals surface area contributed by atoms with Crippen molar-refractivity contribution in [2.75, 3.05) is 13.2 Å². The molecule has 1 aromatic heterocycles. The summed E-state index contributed by atoms with van der Waals surface area (Å²) in [6.07, 6.45) is 6.76. The molecule has 0 radical (unpaired) electrons. The summed E-state index contributed by atoms with van der Waals surface area (Å²) < 4.78 is 1.89. The van der Waals surface area contributed by atoms with Crippen molar-refractivity contribution in [2.45, 2.75) is 24.8 Å². The molecule has 0 aromatic carbocycles. The Kier molecular flexibility index (Phi) is 2.09. The van der Waals surface area contributed by atoms with Gasteiger partial charge in [-0.2, -0.15) is 5.10 Å². The molecule has 1 fully saturated rings. The summed E-state index contributed by atoms with van der Waals surface area (Å²) in [5.41, 5.74) is 6.52. The van der Waals surface area contributed by atoms with Crippen molar-refractivity contribution in [3.8, 4) is 0 Å². The number of aliphatic hydroxyl groups is 1. The molecule has 1 aromatic rings. The summed E-state index contributed by atoms with van der Waals surface area (Å²) >= 11 is 0. The second-order valence-electron chi connectivity index (χ2n) is 3.71. The highest BCUT2D eigenvalue weighted by Crippen LogP contribution is 2.42. The van der Waals surface area contributed by atoms with Gasteiger partial charge in [0.05, 0.1) is 18.3 Å². The smallest absolute Gasteiger partial charge is 0.0859 e. The quantitative estimate of drug-likeness (QED) is 0.680. The number of hydrogen-bond donors (Lipinski definition) is 2. The maximum absolute atomic E-state index is 9.16. The van der Waals surface area contributed by atoms with Gasteiger partial charge in [0.2, 0.25) is 0 Å². The van der Waals surface area contributed by atoms with Gasteiger partial charge in [-0.3, -0.25) is 4.68 Å². The minimum absolute atomic E-state index is 0.0765. The molecule has 4 nitrogen and oxygen atoms in total. The fourth-order valence-electron chi connectivity index (χ4n) is 1.52. The summed E-state index contributed by atoms with van der Waals surface area (Å²) in [7, 11) is 0. The standard InChI is InChI=1S/C9H15N3O/c10-4-1-8-5-11-12(6-8)9(7-13)2-3-9/h5-6,13H,1-4,7,10H2. The van der Waals surface area contributed by atoms with Gasteiger partial charge in [0.25, 0.3) is 0 Å². The largest absolute Gasteiger partial charge is 0.394 e. The van der Waals surface area contributed by atoms with Gasteiger partial charge in [-0.05, 0) is 31.4 Å². The minimum Gasteiger partial charge on any atom is -0.394 e. The Labute approximate surface area is 77.4 Å². The van der Waals surface area contributed by atoms with Gasteiger partial charge in [0.1, 0.15) is 0 Å². The molecule has 0 spiro atoms. The van der Waals surface area contributed by atoms with E-state index in [1.54, 1.807) is 0 Å². The lowest BCUT2D eigenvalue weighted by molar-refractivity contribution is 0.202. The minimum atomic E-state index is -0.0765. The monoisotopic (exact) mass is 181 g/mol. The molecule has 13 heavy (non-hydrogen) atoms. The van der Waals surface area contributed by atoms with Crippen LogP contribution in [0.1, 0.15) is 18.4 Å². The van der Waals surface area contributed by atoms with Crippen molar-refractivity contribution in [3.63, 3.8) is 0 Å². The van der Waals surface area contributed by atoms with Crippen molar-refractivity contribution in [3.05, 3.63) is 18.0 Å². The number of aliphatic hydroxyl groups excluding tert-OH is 1. The van der Waals surface area contributed by atoms with Gasteiger partial charge < -0.3 is 10.8 Å². The van der Waals surface area contributed by atoms with Crippen LogP contribution in [-0.2, 0) is 12.0 Å². The fourth-order valence-corrected chi connectivity index (χ4v) is 1.52. The van der Waals surface area contributed by atoms with E-state index in [1.807, 2.05) is 17.1 Å². The van der Waals surface area contributed by atoms with E-state index in [9.17, 15) is 0 Å². The molecule has 0 atom stereocenters. The number of hydrogen-bond acceptors (Lipinski definition) is 3. The Hall–Kier alpha value is -0.870. The molecule has 1 aliphatic rings. The van der Waals surface area contributed by atoms with Gasteiger partial charge in [-0.1, -0.05) is 0 Å². The van der Waals surface area contributed by atoms with E-state index in [4.69, 9.17) is 10.8 Å². The molecule has 72 valence electrons. The van der Waals surface area contributed by atoms with Crippen molar-refractivity contribution in [1.82, 2.24) is 9.78 Å². The van der Waals surface area contributed by atoms with E-state index < -0.39 is 0 Å². The summed E-state index contributed by atoms with van der Waals surface area (Å²) in [6.45, 7) is 0.842. The Morgan fingerprint density at radius 1 is 1.62 bits per heavy atom. The van der Waals surface area contributed by atoms with Crippen LogP contribution in [0.15, 0.2) is 12.4 Å². The van der Waals surface area contributed by atoms with Crippen molar-refractivity contribution in [2.24, 2.45) is 5.73 Å². The molecular weight excluding hydrogens is 166 g/mol. The Morgan fingerprint density at radius 2 is 2.38 bits per heavy atom. The number of nitrogens with two attached hydrogens (primary N) is 1. The lowest BCUT2D eigenvalue weighted by Crippen LogP contribution is -2.21. The molecule has 0 saturated heterocycles. The third kappa shape index (κ3) is 1.47. The number of rotatable bonds is 4. The molecule has 1 heterocycles. The molecular formula is C9H15N3O. The van der Waals surface area contributed by atoms with Crippen LogP contribution in [0.3, 0.4) is 0 Å². The molecule has 0 unspecified atom stereocenters. The Balaban J connectivity index is 2.13. The second-order valence-corrected chi connectivity index (χ2v) is 3.71. The first kappa shape index (κ1) is 8.72. The normalized spacial score (nSPS) is 18.9. The summed E-state index contributed by atoms with van der Waals surface area (Å²) in [5, 5.41) is 13.4. The predicted octanol–water partition coefficient (Wildman–Crippen LogP) is -0.134. The highest BCUT2D eigenvalue weighted by molar-refractivity contribution is 5.09. The number of aromatic nitrogens is 2. The van der Waals surface area contributed by atoms with E-state index in [-0.39, 0.29) is 12.1 Å². The summed E-state index contributed by atoms with van der Waals surface area (Å²) in [5.74, 6) is 0. The second kappa shape index (κ2) is 3.12. The van der Waals surface area contributed by atoms with Gasteiger partial charge in [-0.25, -0.2) is 0 Å². The third-order valence-corrected chi connectivity index (χ3v) is 2.68. The highest BCUT2D eigenvalue weighted by Gasteiger charge is 2.44. The molecule has 0 bridgehead atoms. The van der Waals surface area contributed by atoms with Crippen LogP contribution in [0, 0.1) is 0 Å². The van der Waals surface area contributed by atoms with Gasteiger partial charge in [-0.15, -0.1) is 0 Å². The van der Waals surface area contributed by atoms with E-state index in [2.05, 4.69) is 5.10 Å². The van der Waals surface area contributed by atoms with Crippen LogP contribution >= 0.6 is 0 Å². The maximum atomic E-state index is 9.16. The van der Waals surface area contributed by atoms with Gasteiger partial charge in [0.15, 0.2) is 0 Å². The zero-order valence-corrected chi connectivity index (χ0v) is 7.61. The first-order valence-corrected chi connectivity index (χ1v) is 4.66. The molecule has 0 aliphatic heterocycles. The molecule has 2 rings (SSSR count). The third-order valence-electron chi connectivity index (χ3n) is 2.68. The van der Waals surface area contributed by atoms with Crippen molar-refractivity contribution in [1.29, 1.82) is 0 Å². The van der Waals surface area contributed by atoms with Crippen LogP contribution in [0.5, 0.6) is 0 Å². The van der Waals surface area contributed by atoms with Crippen LogP contribution in [0.25, 0.3) is 0 Å². The van der Waals surface area contributed by atoms with E-state index in [1.165, 1.54) is 0 Å². The lowest BCUT2D eigenvalue weighted by atomic mass is 10.2. The van der Waals surface area contributed by atoms with Gasteiger partial charge >= 0.3 is 0 Å². The van der Waals surface area contributed by atoms with Crippen LogP contribution in [-0.4, -0.2) is 28.0 Å². The van der Waals surface area contributed by atoms with Gasteiger partial charge in [0, 0.05) is 6.20 Å². The van der Waals surface area contributed by atoms with Crippen molar-refractivity contribution < 1.29 is 5.11 Å². The zero-order chi connectivity index (χ0) is 9.31. The summed E-state index contributed by atoms with van der Waals surface area (Å²) in [4.78, 5) is 0. The Bertz CT molecular complexity index is 291. The van der Waals surface area contributed by atoms with Crippen LogP contribution in [0.2, 0.25) is 0 Å².